The Balaban J connectivity index is 1.93. The maximum atomic E-state index is 13.8. The molecule has 0 spiro atoms. The number of nitrogens with one attached hydrogen (secondary N) is 2. The number of aryl methyl sites for hydroxylation is 1. The van der Waals surface area contributed by atoms with Crippen molar-refractivity contribution < 1.29 is 18.4 Å². The average molecular weight is 347 g/mol. The molecule has 130 valence electrons. The lowest BCUT2D eigenvalue weighted by Gasteiger charge is -2.26. The van der Waals surface area contributed by atoms with Crippen LogP contribution in [0.1, 0.15) is 50.9 Å². The van der Waals surface area contributed by atoms with Crippen LogP contribution in [0.2, 0.25) is 0 Å². The number of halogens is 2. The topological polar surface area (TPSA) is 105 Å². The minimum absolute atomic E-state index is 0.201. The van der Waals surface area contributed by atoms with E-state index in [0.717, 1.165) is 12.1 Å². The lowest BCUT2D eigenvalue weighted by atomic mass is 9.90. The van der Waals surface area contributed by atoms with Gasteiger partial charge in [0.15, 0.2) is 0 Å². The van der Waals surface area contributed by atoms with Crippen LogP contribution in [0.5, 0.6) is 0 Å². The highest BCUT2D eigenvalue weighted by atomic mass is 19.1. The number of aromatic amines is 1. The highest BCUT2D eigenvalue weighted by Gasteiger charge is 2.26. The number of nitrogens with two attached hydrogens (primary N) is 1. The van der Waals surface area contributed by atoms with Gasteiger partial charge in [0, 0.05) is 11.8 Å². The number of H-pyrrole nitrogens is 1. The third-order valence-electron chi connectivity index (χ3n) is 4.20. The predicted molar refractivity (Wildman–Crippen MR) is 85.1 cm³/mol. The summed E-state index contributed by atoms with van der Waals surface area (Å²) in [5, 5.41) is 2.66. The van der Waals surface area contributed by atoms with Crippen LogP contribution < -0.4 is 16.6 Å². The number of carbonyl (C=O) groups excluding carboxylic acids is 2. The molecule has 0 saturated carbocycles. The standard InChI is InChI=1S/C17H15F2N3O3/c18-8-4-5-9(12(19)6-8)16(24)21-13-2-1-3-14-10(13)7-11(15(20)23)17(25)22-14/h4-7,13H,1-3H2,(H2,20,23)(H,21,24)(H,22,25). The van der Waals surface area contributed by atoms with Crippen LogP contribution in [0.15, 0.2) is 29.1 Å². The summed E-state index contributed by atoms with van der Waals surface area (Å²) in [6, 6.07) is 3.53. The van der Waals surface area contributed by atoms with Crippen molar-refractivity contribution in [1.82, 2.24) is 10.3 Å². The molecule has 1 aliphatic carbocycles. The Labute approximate surface area is 141 Å². The number of rotatable bonds is 3. The summed E-state index contributed by atoms with van der Waals surface area (Å²) < 4.78 is 26.7. The SMILES string of the molecule is NC(=O)c1cc2c([nH]c1=O)CCCC2NC(=O)c1ccc(F)cc1F. The third kappa shape index (κ3) is 3.28. The van der Waals surface area contributed by atoms with E-state index in [2.05, 4.69) is 10.3 Å². The highest BCUT2D eigenvalue weighted by molar-refractivity contribution is 5.95. The van der Waals surface area contributed by atoms with Crippen LogP contribution in [-0.2, 0) is 6.42 Å². The molecule has 2 amide bonds. The molecule has 0 radical (unpaired) electrons. The zero-order chi connectivity index (χ0) is 18.1. The lowest BCUT2D eigenvalue weighted by molar-refractivity contribution is 0.0928. The molecule has 0 fully saturated rings. The van der Waals surface area contributed by atoms with Crippen LogP contribution in [0.4, 0.5) is 8.78 Å². The fourth-order valence-electron chi connectivity index (χ4n) is 2.98. The van der Waals surface area contributed by atoms with Crippen LogP contribution in [0, 0.1) is 11.6 Å². The molecule has 2 aromatic rings. The van der Waals surface area contributed by atoms with Crippen molar-refractivity contribution in [3.05, 3.63) is 68.6 Å². The summed E-state index contributed by atoms with van der Waals surface area (Å²) in [5.41, 5.74) is 5.29. The number of carbonyl (C=O) groups is 2. The second-order valence-electron chi connectivity index (χ2n) is 5.85. The van der Waals surface area contributed by atoms with Gasteiger partial charge < -0.3 is 16.0 Å². The summed E-state index contributed by atoms with van der Waals surface area (Å²) in [7, 11) is 0. The van der Waals surface area contributed by atoms with Crippen molar-refractivity contribution in [1.29, 1.82) is 0 Å². The Morgan fingerprint density at radius 2 is 1.96 bits per heavy atom. The van der Waals surface area contributed by atoms with E-state index in [4.69, 9.17) is 5.73 Å². The van der Waals surface area contributed by atoms with E-state index in [0.29, 0.717) is 36.6 Å². The first-order valence-corrected chi connectivity index (χ1v) is 7.68. The summed E-state index contributed by atoms with van der Waals surface area (Å²) in [6.45, 7) is 0. The van der Waals surface area contributed by atoms with Crippen LogP contribution in [0.3, 0.4) is 0 Å². The minimum atomic E-state index is -0.965. The molecule has 1 heterocycles. The predicted octanol–water partition coefficient (Wildman–Crippen LogP) is 1.56. The Morgan fingerprint density at radius 1 is 1.20 bits per heavy atom. The maximum absolute atomic E-state index is 13.8. The van der Waals surface area contributed by atoms with Crippen molar-refractivity contribution in [3.8, 4) is 0 Å². The molecule has 1 atom stereocenters. The monoisotopic (exact) mass is 347 g/mol. The van der Waals surface area contributed by atoms with Gasteiger partial charge >= 0.3 is 0 Å². The molecule has 0 saturated heterocycles. The van der Waals surface area contributed by atoms with Crippen molar-refractivity contribution >= 4 is 11.8 Å². The molecule has 1 aromatic carbocycles. The third-order valence-corrected chi connectivity index (χ3v) is 4.20. The molecule has 0 bridgehead atoms. The smallest absolute Gasteiger partial charge is 0.261 e. The fourth-order valence-corrected chi connectivity index (χ4v) is 2.98. The second-order valence-corrected chi connectivity index (χ2v) is 5.85. The fraction of sp³-hybridized carbons (Fsp3) is 0.235. The van der Waals surface area contributed by atoms with Crippen LogP contribution >= 0.6 is 0 Å². The molecule has 3 rings (SSSR count). The van der Waals surface area contributed by atoms with Crippen molar-refractivity contribution in [2.45, 2.75) is 25.3 Å². The van der Waals surface area contributed by atoms with E-state index >= 15 is 0 Å². The van der Waals surface area contributed by atoms with Gasteiger partial charge in [-0.25, -0.2) is 8.78 Å². The molecule has 25 heavy (non-hydrogen) atoms. The minimum Gasteiger partial charge on any atom is -0.365 e. The Hall–Kier alpha value is -3.03. The number of hydrogen-bond acceptors (Lipinski definition) is 3. The molecule has 1 aromatic heterocycles. The number of primary amides is 1. The van der Waals surface area contributed by atoms with Crippen molar-refractivity contribution in [3.63, 3.8) is 0 Å². The van der Waals surface area contributed by atoms with Gasteiger partial charge in [-0.2, -0.15) is 0 Å². The van der Waals surface area contributed by atoms with Crippen LogP contribution in [-0.4, -0.2) is 16.8 Å². The first-order chi connectivity index (χ1) is 11.9. The first-order valence-electron chi connectivity index (χ1n) is 7.68. The summed E-state index contributed by atoms with van der Waals surface area (Å²) in [6.07, 6.45) is 1.82. The van der Waals surface area contributed by atoms with Gasteiger partial charge in [-0.05, 0) is 43.0 Å². The molecule has 1 unspecified atom stereocenters. The summed E-state index contributed by atoms with van der Waals surface area (Å²) in [4.78, 5) is 38.1. The Morgan fingerprint density at radius 3 is 2.64 bits per heavy atom. The van der Waals surface area contributed by atoms with E-state index < -0.39 is 35.0 Å². The number of hydrogen-bond donors (Lipinski definition) is 3. The van der Waals surface area contributed by atoms with Crippen LogP contribution in [0.25, 0.3) is 0 Å². The molecule has 1 aliphatic rings. The lowest BCUT2D eigenvalue weighted by Crippen LogP contribution is -2.34. The second kappa shape index (κ2) is 6.46. The quantitative estimate of drug-likeness (QED) is 0.784. The average Bonchev–Trinajstić information content (AvgIpc) is 2.54. The van der Waals surface area contributed by atoms with E-state index in [-0.39, 0.29) is 11.1 Å². The number of fused-ring (bicyclic) bond motifs is 1. The largest absolute Gasteiger partial charge is 0.365 e. The molecular weight excluding hydrogens is 332 g/mol. The Bertz CT molecular complexity index is 924. The van der Waals surface area contributed by atoms with Gasteiger partial charge in [0.2, 0.25) is 0 Å². The van der Waals surface area contributed by atoms with Crippen molar-refractivity contribution in [2.75, 3.05) is 0 Å². The molecule has 8 heteroatoms. The van der Waals surface area contributed by atoms with Gasteiger partial charge in [-0.1, -0.05) is 0 Å². The van der Waals surface area contributed by atoms with Gasteiger partial charge in [-0.3, -0.25) is 14.4 Å². The zero-order valence-corrected chi connectivity index (χ0v) is 13.1. The molecule has 0 aliphatic heterocycles. The van der Waals surface area contributed by atoms with E-state index in [1.807, 2.05) is 0 Å². The number of pyridine rings is 1. The summed E-state index contributed by atoms with van der Waals surface area (Å²) in [5.74, 6) is -3.32. The first kappa shape index (κ1) is 16.8. The number of amides is 2. The normalized spacial score (nSPS) is 16.2. The number of aromatic nitrogens is 1. The van der Waals surface area contributed by atoms with E-state index in [1.54, 1.807) is 0 Å². The van der Waals surface area contributed by atoms with E-state index in [9.17, 15) is 23.2 Å². The Kier molecular flexibility index (Phi) is 4.35. The van der Waals surface area contributed by atoms with Gasteiger partial charge in [0.25, 0.3) is 17.4 Å². The molecular formula is C17H15F2N3O3. The van der Waals surface area contributed by atoms with Crippen molar-refractivity contribution in [2.24, 2.45) is 5.73 Å². The van der Waals surface area contributed by atoms with Gasteiger partial charge in [-0.15, -0.1) is 0 Å². The number of benzene rings is 1. The maximum Gasteiger partial charge on any atom is 0.261 e. The zero-order valence-electron chi connectivity index (χ0n) is 13.1. The highest BCUT2D eigenvalue weighted by Crippen LogP contribution is 2.28. The molecule has 6 nitrogen and oxygen atoms in total. The van der Waals surface area contributed by atoms with E-state index in [1.165, 1.54) is 6.07 Å². The molecule has 4 N–H and O–H groups in total. The van der Waals surface area contributed by atoms with Gasteiger partial charge in [0.05, 0.1) is 11.6 Å². The van der Waals surface area contributed by atoms with Gasteiger partial charge in [0.1, 0.15) is 17.2 Å². The summed E-state index contributed by atoms with van der Waals surface area (Å²) >= 11 is 0.